The number of hydrogen-bond donors (Lipinski definition) is 1. The minimum absolute atomic E-state index is 0.122. The number of pyridine rings is 1. The zero-order valence-corrected chi connectivity index (χ0v) is 13.0. The second-order valence-electron chi connectivity index (χ2n) is 5.34. The first-order valence-corrected chi connectivity index (χ1v) is 7.60. The summed E-state index contributed by atoms with van der Waals surface area (Å²) < 4.78 is 5.40. The van der Waals surface area contributed by atoms with E-state index in [1.807, 2.05) is 6.07 Å². The summed E-state index contributed by atoms with van der Waals surface area (Å²) in [4.78, 5) is 29.5. The van der Waals surface area contributed by atoms with Gasteiger partial charge in [-0.25, -0.2) is 0 Å². The molecule has 23 heavy (non-hydrogen) atoms. The van der Waals surface area contributed by atoms with Crippen LogP contribution in [-0.2, 0) is 9.53 Å². The van der Waals surface area contributed by atoms with Gasteiger partial charge in [0.15, 0.2) is 0 Å². The van der Waals surface area contributed by atoms with Crippen LogP contribution in [0.2, 0.25) is 5.02 Å². The van der Waals surface area contributed by atoms with E-state index in [0.717, 1.165) is 5.39 Å². The Kier molecular flexibility index (Phi) is 4.45. The molecule has 0 radical (unpaired) electrons. The quantitative estimate of drug-likeness (QED) is 0.930. The van der Waals surface area contributed by atoms with Gasteiger partial charge in [0.1, 0.15) is 0 Å². The maximum absolute atomic E-state index is 12.8. The van der Waals surface area contributed by atoms with E-state index >= 15 is 0 Å². The highest BCUT2D eigenvalue weighted by Gasteiger charge is 2.27. The van der Waals surface area contributed by atoms with Gasteiger partial charge in [-0.05, 0) is 24.3 Å². The van der Waals surface area contributed by atoms with Crippen LogP contribution in [-0.4, -0.2) is 52.7 Å². The molecule has 1 atom stereocenters. The molecule has 1 amide bonds. The van der Waals surface area contributed by atoms with Crippen molar-refractivity contribution in [3.8, 4) is 0 Å². The minimum Gasteiger partial charge on any atom is -0.481 e. The van der Waals surface area contributed by atoms with Crippen molar-refractivity contribution in [3.63, 3.8) is 0 Å². The summed E-state index contributed by atoms with van der Waals surface area (Å²) in [6.45, 7) is 0.997. The summed E-state index contributed by atoms with van der Waals surface area (Å²) in [6.07, 6.45) is 1.00. The molecule has 1 aliphatic heterocycles. The SMILES string of the molecule is O=C(O)CC1CN(C(=O)c2ccc(Cl)c3cccnc23)CCO1. The third-order valence-corrected chi connectivity index (χ3v) is 4.10. The van der Waals surface area contributed by atoms with Crippen molar-refractivity contribution in [2.75, 3.05) is 19.7 Å². The third-order valence-electron chi connectivity index (χ3n) is 3.78. The molecule has 1 fully saturated rings. The predicted molar refractivity (Wildman–Crippen MR) is 84.6 cm³/mol. The number of benzene rings is 1. The number of nitrogens with zero attached hydrogens (tertiary/aromatic N) is 2. The molecule has 0 saturated carbocycles. The standard InChI is InChI=1S/C16H15ClN2O4/c17-13-4-3-12(15-11(13)2-1-5-18-15)16(22)19-6-7-23-10(9-19)8-14(20)21/h1-5,10H,6-9H2,(H,20,21). The number of halogens is 1. The first kappa shape index (κ1) is 15.7. The van der Waals surface area contributed by atoms with Gasteiger partial charge in [0.05, 0.1) is 35.2 Å². The molecule has 1 unspecified atom stereocenters. The van der Waals surface area contributed by atoms with Gasteiger partial charge in [0.2, 0.25) is 0 Å². The Bertz CT molecular complexity index is 765. The van der Waals surface area contributed by atoms with Crippen LogP contribution in [0.5, 0.6) is 0 Å². The number of aliphatic carboxylic acids is 1. The number of carbonyl (C=O) groups is 2. The summed E-state index contributed by atoms with van der Waals surface area (Å²) >= 11 is 6.15. The number of carbonyl (C=O) groups excluding carboxylic acids is 1. The number of morpholine rings is 1. The summed E-state index contributed by atoms with van der Waals surface area (Å²) in [5.41, 5.74) is 1.01. The second-order valence-corrected chi connectivity index (χ2v) is 5.74. The number of carboxylic acids is 1. The zero-order valence-electron chi connectivity index (χ0n) is 12.2. The molecule has 0 aliphatic carbocycles. The lowest BCUT2D eigenvalue weighted by atomic mass is 10.1. The van der Waals surface area contributed by atoms with Crippen LogP contribution in [0.4, 0.5) is 0 Å². The van der Waals surface area contributed by atoms with E-state index in [-0.39, 0.29) is 18.9 Å². The van der Waals surface area contributed by atoms with Crippen molar-refractivity contribution in [1.29, 1.82) is 0 Å². The molecular formula is C16H15ClN2O4. The topological polar surface area (TPSA) is 79.7 Å². The first-order chi connectivity index (χ1) is 11.1. The van der Waals surface area contributed by atoms with Crippen molar-refractivity contribution in [2.24, 2.45) is 0 Å². The summed E-state index contributed by atoms with van der Waals surface area (Å²) in [6, 6.07) is 6.91. The van der Waals surface area contributed by atoms with Crippen molar-refractivity contribution >= 4 is 34.4 Å². The number of hydrogen-bond acceptors (Lipinski definition) is 4. The Labute approximate surface area is 137 Å². The summed E-state index contributed by atoms with van der Waals surface area (Å²) in [5, 5.41) is 10.1. The number of amides is 1. The lowest BCUT2D eigenvalue weighted by Gasteiger charge is -2.32. The molecule has 120 valence electrons. The first-order valence-electron chi connectivity index (χ1n) is 7.22. The second kappa shape index (κ2) is 6.52. The van der Waals surface area contributed by atoms with Gasteiger partial charge in [-0.3, -0.25) is 14.6 Å². The fourth-order valence-electron chi connectivity index (χ4n) is 2.70. The van der Waals surface area contributed by atoms with Gasteiger partial charge in [-0.2, -0.15) is 0 Å². The van der Waals surface area contributed by atoms with Gasteiger partial charge in [0, 0.05) is 24.7 Å². The van der Waals surface area contributed by atoms with Gasteiger partial charge in [0.25, 0.3) is 5.91 Å². The highest BCUT2D eigenvalue weighted by molar-refractivity contribution is 6.36. The van der Waals surface area contributed by atoms with Gasteiger partial charge >= 0.3 is 5.97 Å². The Balaban J connectivity index is 1.88. The molecule has 6 nitrogen and oxygen atoms in total. The van der Waals surface area contributed by atoms with E-state index < -0.39 is 12.1 Å². The van der Waals surface area contributed by atoms with Crippen molar-refractivity contribution in [3.05, 3.63) is 41.0 Å². The minimum atomic E-state index is -0.942. The summed E-state index contributed by atoms with van der Waals surface area (Å²) in [5.74, 6) is -1.13. The van der Waals surface area contributed by atoms with E-state index in [4.69, 9.17) is 21.4 Å². The van der Waals surface area contributed by atoms with Gasteiger partial charge in [-0.15, -0.1) is 0 Å². The lowest BCUT2D eigenvalue weighted by Crippen LogP contribution is -2.46. The predicted octanol–water partition coefficient (Wildman–Crippen LogP) is 2.20. The molecule has 2 aromatic rings. The van der Waals surface area contributed by atoms with Crippen LogP contribution < -0.4 is 0 Å². The molecule has 1 aromatic heterocycles. The van der Waals surface area contributed by atoms with E-state index in [1.54, 1.807) is 29.3 Å². The van der Waals surface area contributed by atoms with E-state index in [1.165, 1.54) is 0 Å². The van der Waals surface area contributed by atoms with Gasteiger partial charge < -0.3 is 14.7 Å². The molecule has 1 saturated heterocycles. The van der Waals surface area contributed by atoms with Crippen molar-refractivity contribution in [1.82, 2.24) is 9.88 Å². The number of rotatable bonds is 3. The number of fused-ring (bicyclic) bond motifs is 1. The molecule has 1 aromatic carbocycles. The van der Waals surface area contributed by atoms with Crippen LogP contribution in [0.1, 0.15) is 16.8 Å². The highest BCUT2D eigenvalue weighted by Crippen LogP contribution is 2.26. The number of carboxylic acid groups (broad SMARTS) is 1. The molecule has 1 aliphatic rings. The largest absolute Gasteiger partial charge is 0.481 e. The Morgan fingerprint density at radius 3 is 3.00 bits per heavy atom. The van der Waals surface area contributed by atoms with Crippen LogP contribution in [0.15, 0.2) is 30.5 Å². The van der Waals surface area contributed by atoms with E-state index in [2.05, 4.69) is 4.98 Å². The highest BCUT2D eigenvalue weighted by atomic mass is 35.5. The van der Waals surface area contributed by atoms with Crippen LogP contribution >= 0.6 is 11.6 Å². The molecule has 7 heteroatoms. The Morgan fingerprint density at radius 1 is 1.39 bits per heavy atom. The third kappa shape index (κ3) is 3.28. The molecule has 0 bridgehead atoms. The van der Waals surface area contributed by atoms with Gasteiger partial charge in [-0.1, -0.05) is 11.6 Å². The average Bonchev–Trinajstić information content (AvgIpc) is 2.54. The summed E-state index contributed by atoms with van der Waals surface area (Å²) in [7, 11) is 0. The van der Waals surface area contributed by atoms with Crippen LogP contribution in [0.25, 0.3) is 10.9 Å². The molecule has 3 rings (SSSR count). The molecule has 2 heterocycles. The Hall–Kier alpha value is -2.18. The molecule has 0 spiro atoms. The van der Waals surface area contributed by atoms with E-state index in [0.29, 0.717) is 29.3 Å². The average molecular weight is 335 g/mol. The van der Waals surface area contributed by atoms with E-state index in [9.17, 15) is 9.59 Å². The Morgan fingerprint density at radius 2 is 2.22 bits per heavy atom. The fourth-order valence-corrected chi connectivity index (χ4v) is 2.92. The molecule has 1 N–H and O–H groups in total. The van der Waals surface area contributed by atoms with Crippen molar-refractivity contribution < 1.29 is 19.4 Å². The zero-order chi connectivity index (χ0) is 16.4. The van der Waals surface area contributed by atoms with Crippen LogP contribution in [0.3, 0.4) is 0 Å². The lowest BCUT2D eigenvalue weighted by molar-refractivity contribution is -0.141. The maximum Gasteiger partial charge on any atom is 0.306 e. The fraction of sp³-hybridized carbons (Fsp3) is 0.312. The van der Waals surface area contributed by atoms with Crippen molar-refractivity contribution in [2.45, 2.75) is 12.5 Å². The normalized spacial score (nSPS) is 18.1. The van der Waals surface area contributed by atoms with Crippen LogP contribution in [0, 0.1) is 0 Å². The number of ether oxygens (including phenoxy) is 1. The monoisotopic (exact) mass is 334 g/mol. The smallest absolute Gasteiger partial charge is 0.306 e. The maximum atomic E-state index is 12.8. The number of aromatic nitrogens is 1. The molecular weight excluding hydrogens is 320 g/mol.